The van der Waals surface area contributed by atoms with Gasteiger partial charge in [-0.3, -0.25) is 14.5 Å². The molecule has 0 saturated carbocycles. The van der Waals surface area contributed by atoms with Gasteiger partial charge < -0.3 is 10.6 Å². The Hall–Kier alpha value is -2.66. The maximum atomic E-state index is 12.6. The number of carbonyl (C=O) groups is 2. The van der Waals surface area contributed by atoms with Crippen LogP contribution in [-0.2, 0) is 9.59 Å². The van der Waals surface area contributed by atoms with E-state index < -0.39 is 0 Å². The summed E-state index contributed by atoms with van der Waals surface area (Å²) in [6.45, 7) is 11.2. The Balaban J connectivity index is 1.92. The van der Waals surface area contributed by atoms with Crippen molar-refractivity contribution in [2.24, 2.45) is 0 Å². The van der Waals surface area contributed by atoms with Crippen LogP contribution in [0.4, 0.5) is 5.69 Å². The average molecular weight is 396 g/mol. The van der Waals surface area contributed by atoms with Gasteiger partial charge in [-0.25, -0.2) is 0 Å². The zero-order chi connectivity index (χ0) is 21.4. The van der Waals surface area contributed by atoms with Gasteiger partial charge in [-0.05, 0) is 69.0 Å². The highest BCUT2D eigenvalue weighted by molar-refractivity contribution is 5.93. The molecule has 0 aliphatic rings. The molecule has 2 aromatic carbocycles. The molecule has 2 rings (SSSR count). The highest BCUT2D eigenvalue weighted by atomic mass is 16.2. The maximum absolute atomic E-state index is 12.6. The van der Waals surface area contributed by atoms with E-state index in [9.17, 15) is 9.59 Å². The average Bonchev–Trinajstić information content (AvgIpc) is 2.65. The fourth-order valence-corrected chi connectivity index (χ4v) is 3.24. The molecule has 2 N–H and O–H groups in total. The quantitative estimate of drug-likeness (QED) is 0.671. The molecule has 0 saturated heterocycles. The van der Waals surface area contributed by atoms with E-state index in [0.29, 0.717) is 6.54 Å². The van der Waals surface area contributed by atoms with Crippen LogP contribution < -0.4 is 10.6 Å². The third kappa shape index (κ3) is 7.02. The monoisotopic (exact) mass is 395 g/mol. The molecule has 156 valence electrons. The Kier molecular flexibility index (Phi) is 8.40. The summed E-state index contributed by atoms with van der Waals surface area (Å²) in [6, 6.07) is 13.8. The summed E-state index contributed by atoms with van der Waals surface area (Å²) in [5.74, 6) is -0.185. The van der Waals surface area contributed by atoms with E-state index in [-0.39, 0.29) is 30.9 Å². The second kappa shape index (κ2) is 10.8. The third-order valence-corrected chi connectivity index (χ3v) is 5.10. The molecule has 2 amide bonds. The highest BCUT2D eigenvalue weighted by Crippen LogP contribution is 2.17. The van der Waals surface area contributed by atoms with E-state index in [1.165, 1.54) is 11.1 Å². The standard InChI is InChI=1S/C24H33N3O2/c1-6-13-27(16-24(29)26-22-10-8-7-9-18(22)3)15-23(28)25-20(5)21-12-11-17(2)19(4)14-21/h7-12,14,20H,6,13,15-16H2,1-5H3,(H,25,28)(H,26,29). The van der Waals surface area contributed by atoms with Crippen molar-refractivity contribution in [3.05, 3.63) is 64.7 Å². The van der Waals surface area contributed by atoms with Crippen LogP contribution in [0.3, 0.4) is 0 Å². The number of nitrogens with zero attached hydrogens (tertiary/aromatic N) is 1. The molecule has 0 fully saturated rings. The minimum Gasteiger partial charge on any atom is -0.348 e. The second-order valence-corrected chi connectivity index (χ2v) is 7.71. The molecule has 0 aromatic heterocycles. The first-order valence-corrected chi connectivity index (χ1v) is 10.2. The van der Waals surface area contributed by atoms with Crippen molar-refractivity contribution in [2.75, 3.05) is 25.0 Å². The van der Waals surface area contributed by atoms with Crippen molar-refractivity contribution in [3.8, 4) is 0 Å². The summed E-state index contributed by atoms with van der Waals surface area (Å²) in [6.07, 6.45) is 0.873. The summed E-state index contributed by atoms with van der Waals surface area (Å²) < 4.78 is 0. The Bertz CT molecular complexity index is 848. The van der Waals surface area contributed by atoms with Crippen LogP contribution in [0.1, 0.15) is 48.6 Å². The van der Waals surface area contributed by atoms with Gasteiger partial charge in [-0.1, -0.05) is 43.3 Å². The predicted octanol–water partition coefficient (Wildman–Crippen LogP) is 4.14. The molecule has 0 bridgehead atoms. The van der Waals surface area contributed by atoms with Crippen LogP contribution in [0, 0.1) is 20.8 Å². The van der Waals surface area contributed by atoms with Crippen LogP contribution in [0.5, 0.6) is 0 Å². The first-order chi connectivity index (χ1) is 13.8. The predicted molar refractivity (Wildman–Crippen MR) is 119 cm³/mol. The van der Waals surface area contributed by atoms with E-state index in [2.05, 4.69) is 36.6 Å². The number of aryl methyl sites for hydroxylation is 3. The molecule has 29 heavy (non-hydrogen) atoms. The lowest BCUT2D eigenvalue weighted by Gasteiger charge is -2.22. The Morgan fingerprint density at radius 1 is 0.931 bits per heavy atom. The Morgan fingerprint density at radius 3 is 2.28 bits per heavy atom. The van der Waals surface area contributed by atoms with E-state index in [0.717, 1.165) is 23.2 Å². The molecule has 0 spiro atoms. The summed E-state index contributed by atoms with van der Waals surface area (Å²) in [4.78, 5) is 26.9. The number of rotatable bonds is 9. The molecule has 0 radical (unpaired) electrons. The normalized spacial score (nSPS) is 11.9. The Morgan fingerprint density at radius 2 is 1.62 bits per heavy atom. The molecule has 0 heterocycles. The molecular formula is C24H33N3O2. The van der Waals surface area contributed by atoms with E-state index >= 15 is 0 Å². The number of anilines is 1. The van der Waals surface area contributed by atoms with Crippen molar-refractivity contribution < 1.29 is 9.59 Å². The van der Waals surface area contributed by atoms with Gasteiger partial charge in [0, 0.05) is 5.69 Å². The molecule has 0 aliphatic heterocycles. The molecule has 2 aromatic rings. The van der Waals surface area contributed by atoms with Gasteiger partial charge in [-0.2, -0.15) is 0 Å². The zero-order valence-electron chi connectivity index (χ0n) is 18.2. The van der Waals surface area contributed by atoms with Gasteiger partial charge in [0.05, 0.1) is 19.1 Å². The van der Waals surface area contributed by atoms with Crippen LogP contribution in [0.2, 0.25) is 0 Å². The van der Waals surface area contributed by atoms with Crippen LogP contribution in [-0.4, -0.2) is 36.3 Å². The van der Waals surface area contributed by atoms with Crippen molar-refractivity contribution in [1.29, 1.82) is 0 Å². The topological polar surface area (TPSA) is 61.4 Å². The third-order valence-electron chi connectivity index (χ3n) is 5.10. The maximum Gasteiger partial charge on any atom is 0.238 e. The van der Waals surface area contributed by atoms with Gasteiger partial charge in [-0.15, -0.1) is 0 Å². The Labute approximate surface area is 174 Å². The SMILES string of the molecule is CCCN(CC(=O)Nc1ccccc1C)CC(=O)NC(C)c1ccc(C)c(C)c1. The number of benzene rings is 2. The number of carbonyl (C=O) groups excluding carboxylic acids is 2. The van der Waals surface area contributed by atoms with Gasteiger partial charge >= 0.3 is 0 Å². The van der Waals surface area contributed by atoms with Crippen molar-refractivity contribution >= 4 is 17.5 Å². The van der Waals surface area contributed by atoms with E-state index in [4.69, 9.17) is 0 Å². The van der Waals surface area contributed by atoms with Gasteiger partial charge in [0.2, 0.25) is 11.8 Å². The number of hydrogen-bond donors (Lipinski definition) is 2. The molecule has 0 aliphatic carbocycles. The summed E-state index contributed by atoms with van der Waals surface area (Å²) in [5.41, 5.74) is 5.36. The van der Waals surface area contributed by atoms with Crippen LogP contribution >= 0.6 is 0 Å². The van der Waals surface area contributed by atoms with Crippen molar-refractivity contribution in [3.63, 3.8) is 0 Å². The summed E-state index contributed by atoms with van der Waals surface area (Å²) in [5, 5.41) is 5.99. The first-order valence-electron chi connectivity index (χ1n) is 10.2. The fourth-order valence-electron chi connectivity index (χ4n) is 3.24. The smallest absolute Gasteiger partial charge is 0.238 e. The zero-order valence-corrected chi connectivity index (χ0v) is 18.2. The first kappa shape index (κ1) is 22.6. The molecule has 5 nitrogen and oxygen atoms in total. The van der Waals surface area contributed by atoms with Gasteiger partial charge in [0.1, 0.15) is 0 Å². The van der Waals surface area contributed by atoms with E-state index in [1.54, 1.807) is 0 Å². The fraction of sp³-hybridized carbons (Fsp3) is 0.417. The molecular weight excluding hydrogens is 362 g/mol. The summed E-state index contributed by atoms with van der Waals surface area (Å²) in [7, 11) is 0. The number of para-hydroxylation sites is 1. The van der Waals surface area contributed by atoms with Crippen LogP contribution in [0.15, 0.2) is 42.5 Å². The molecule has 5 heteroatoms. The number of amides is 2. The van der Waals surface area contributed by atoms with Crippen LogP contribution in [0.25, 0.3) is 0 Å². The van der Waals surface area contributed by atoms with Gasteiger partial charge in [0.25, 0.3) is 0 Å². The molecule has 1 atom stereocenters. The van der Waals surface area contributed by atoms with E-state index in [1.807, 2.05) is 56.0 Å². The molecule has 1 unspecified atom stereocenters. The summed E-state index contributed by atoms with van der Waals surface area (Å²) >= 11 is 0. The minimum absolute atomic E-state index is 0.0760. The number of hydrogen-bond acceptors (Lipinski definition) is 3. The lowest BCUT2D eigenvalue weighted by molar-refractivity contribution is -0.124. The highest BCUT2D eigenvalue weighted by Gasteiger charge is 2.17. The van der Waals surface area contributed by atoms with Gasteiger partial charge in [0.15, 0.2) is 0 Å². The largest absolute Gasteiger partial charge is 0.348 e. The van der Waals surface area contributed by atoms with Crippen molar-refractivity contribution in [1.82, 2.24) is 10.2 Å². The lowest BCUT2D eigenvalue weighted by atomic mass is 10.0. The second-order valence-electron chi connectivity index (χ2n) is 7.71. The number of nitrogens with one attached hydrogen (secondary N) is 2. The minimum atomic E-state index is -0.109. The lowest BCUT2D eigenvalue weighted by Crippen LogP contribution is -2.42. The van der Waals surface area contributed by atoms with Crippen molar-refractivity contribution in [2.45, 2.75) is 47.1 Å².